The normalized spacial score (nSPS) is 12.5. The number of benzene rings is 1. The summed E-state index contributed by atoms with van der Waals surface area (Å²) >= 11 is 1.40. The molecule has 0 atom stereocenters. The number of amides is 2. The number of nitriles is 1. The molecule has 1 heterocycles. The molecule has 0 saturated heterocycles. The first-order chi connectivity index (χ1) is 14.8. The number of anilines is 2. The van der Waals surface area contributed by atoms with Crippen LogP contribution in [0.3, 0.4) is 0 Å². The molecule has 10 heteroatoms. The maximum atomic E-state index is 13.8. The van der Waals surface area contributed by atoms with Gasteiger partial charge in [-0.25, -0.2) is 13.2 Å². The van der Waals surface area contributed by atoms with E-state index in [1.54, 1.807) is 4.90 Å². The number of nitrogens with zero attached hydrogens (tertiary/aromatic N) is 2. The number of aryl methyl sites for hydroxylation is 1. The smallest absolute Gasteiger partial charge is 0.239 e. The van der Waals surface area contributed by atoms with Gasteiger partial charge in [0.2, 0.25) is 11.8 Å². The van der Waals surface area contributed by atoms with Gasteiger partial charge in [-0.1, -0.05) is 6.92 Å². The van der Waals surface area contributed by atoms with Crippen molar-refractivity contribution in [3.63, 3.8) is 0 Å². The summed E-state index contributed by atoms with van der Waals surface area (Å²) in [6, 6.07) is 3.81. The van der Waals surface area contributed by atoms with Gasteiger partial charge in [-0.05, 0) is 49.9 Å². The Hall–Kier alpha value is -2.90. The molecule has 2 amide bonds. The summed E-state index contributed by atoms with van der Waals surface area (Å²) in [6.07, 6.45) is 3.37. The van der Waals surface area contributed by atoms with Gasteiger partial charge in [-0.3, -0.25) is 14.5 Å². The molecule has 0 fully saturated rings. The molecule has 2 aromatic rings. The third kappa shape index (κ3) is 5.24. The number of rotatable bonds is 8. The number of halogens is 3. The first kappa shape index (κ1) is 22.8. The second-order valence-electron chi connectivity index (χ2n) is 7.20. The Morgan fingerprint density at radius 1 is 1.13 bits per heavy atom. The Bertz CT molecular complexity index is 1050. The molecule has 1 aliphatic carbocycles. The zero-order chi connectivity index (χ0) is 22.5. The lowest BCUT2D eigenvalue weighted by atomic mass is 10.1. The van der Waals surface area contributed by atoms with Crippen LogP contribution in [0.1, 0.15) is 35.8 Å². The van der Waals surface area contributed by atoms with Crippen molar-refractivity contribution in [2.24, 2.45) is 0 Å². The number of carbonyl (C=O) groups excluding carboxylic acids is 2. The Labute approximate surface area is 181 Å². The summed E-state index contributed by atoms with van der Waals surface area (Å²) in [6.45, 7) is 1.92. The fourth-order valence-corrected chi connectivity index (χ4v) is 4.78. The molecule has 1 aliphatic rings. The molecule has 0 saturated carbocycles. The van der Waals surface area contributed by atoms with Crippen LogP contribution in [-0.2, 0) is 22.4 Å². The van der Waals surface area contributed by atoms with Crippen LogP contribution in [0.4, 0.5) is 23.9 Å². The molecule has 6 nitrogen and oxygen atoms in total. The molecule has 0 aliphatic heterocycles. The Balaban J connectivity index is 1.62. The van der Waals surface area contributed by atoms with E-state index in [2.05, 4.69) is 16.7 Å². The van der Waals surface area contributed by atoms with Crippen molar-refractivity contribution in [3.05, 3.63) is 45.6 Å². The molecule has 1 aromatic carbocycles. The second-order valence-corrected chi connectivity index (χ2v) is 8.31. The average Bonchev–Trinajstić information content (AvgIpc) is 3.29. The second kappa shape index (κ2) is 9.94. The lowest BCUT2D eigenvalue weighted by Gasteiger charge is -2.20. The minimum Gasteiger partial charge on any atom is -0.322 e. The average molecular weight is 450 g/mol. The maximum Gasteiger partial charge on any atom is 0.239 e. The van der Waals surface area contributed by atoms with Crippen molar-refractivity contribution < 1.29 is 22.8 Å². The van der Waals surface area contributed by atoms with Crippen molar-refractivity contribution in [3.8, 4) is 6.07 Å². The number of carbonyl (C=O) groups is 2. The molecule has 0 bridgehead atoms. The molecule has 31 heavy (non-hydrogen) atoms. The monoisotopic (exact) mass is 450 g/mol. The number of hydrogen-bond acceptors (Lipinski definition) is 5. The van der Waals surface area contributed by atoms with Gasteiger partial charge >= 0.3 is 0 Å². The van der Waals surface area contributed by atoms with E-state index in [0.29, 0.717) is 23.5 Å². The topological polar surface area (TPSA) is 85.2 Å². The molecule has 2 N–H and O–H groups in total. The van der Waals surface area contributed by atoms with Gasteiger partial charge in [0.25, 0.3) is 0 Å². The van der Waals surface area contributed by atoms with Gasteiger partial charge in [-0.15, -0.1) is 11.3 Å². The van der Waals surface area contributed by atoms with E-state index < -0.39 is 29.0 Å². The van der Waals surface area contributed by atoms with Crippen LogP contribution >= 0.6 is 11.3 Å². The number of nitrogens with one attached hydrogen (secondary N) is 2. The largest absolute Gasteiger partial charge is 0.322 e. The minimum absolute atomic E-state index is 0.116. The molecule has 3 rings (SSSR count). The van der Waals surface area contributed by atoms with Gasteiger partial charge in [0.1, 0.15) is 11.1 Å². The van der Waals surface area contributed by atoms with Gasteiger partial charge in [-0.2, -0.15) is 5.26 Å². The van der Waals surface area contributed by atoms with Gasteiger partial charge < -0.3 is 10.6 Å². The quantitative estimate of drug-likeness (QED) is 0.599. The number of fused-ring (bicyclic) bond motifs is 1. The molecular formula is C21H21F3N4O2S. The molecular weight excluding hydrogens is 429 g/mol. The SMILES string of the molecule is CCCN(CC(=O)Nc1ccc(F)c(F)c1F)CC(=O)Nc1sc2c(c1C#N)CCC2. The highest BCUT2D eigenvalue weighted by atomic mass is 32.1. The van der Waals surface area contributed by atoms with Gasteiger partial charge in [0, 0.05) is 4.88 Å². The van der Waals surface area contributed by atoms with Crippen molar-refractivity contribution in [1.29, 1.82) is 5.26 Å². The summed E-state index contributed by atoms with van der Waals surface area (Å²) < 4.78 is 40.1. The van der Waals surface area contributed by atoms with Crippen LogP contribution in [0.2, 0.25) is 0 Å². The van der Waals surface area contributed by atoms with E-state index in [1.165, 1.54) is 11.3 Å². The summed E-state index contributed by atoms with van der Waals surface area (Å²) in [5, 5.41) is 14.9. The third-order valence-electron chi connectivity index (χ3n) is 4.87. The summed E-state index contributed by atoms with van der Waals surface area (Å²) in [4.78, 5) is 27.5. The van der Waals surface area contributed by atoms with E-state index >= 15 is 0 Å². The molecule has 0 radical (unpaired) electrons. The highest BCUT2D eigenvalue weighted by Gasteiger charge is 2.24. The van der Waals surface area contributed by atoms with Crippen LogP contribution < -0.4 is 10.6 Å². The Morgan fingerprint density at radius 3 is 2.52 bits per heavy atom. The highest BCUT2D eigenvalue weighted by Crippen LogP contribution is 2.38. The fourth-order valence-electron chi connectivity index (χ4n) is 3.53. The van der Waals surface area contributed by atoms with Crippen molar-refractivity contribution in [2.45, 2.75) is 32.6 Å². The number of thiophene rings is 1. The van der Waals surface area contributed by atoms with Gasteiger partial charge in [0.15, 0.2) is 17.5 Å². The third-order valence-corrected chi connectivity index (χ3v) is 6.08. The van der Waals surface area contributed by atoms with E-state index in [1.807, 2.05) is 6.92 Å². The van der Waals surface area contributed by atoms with Crippen molar-refractivity contribution >= 4 is 33.8 Å². The highest BCUT2D eigenvalue weighted by molar-refractivity contribution is 7.16. The van der Waals surface area contributed by atoms with Crippen LogP contribution in [0.15, 0.2) is 12.1 Å². The first-order valence-corrected chi connectivity index (χ1v) is 10.7. The molecule has 0 spiro atoms. The van der Waals surface area contributed by atoms with Crippen LogP contribution in [0, 0.1) is 28.8 Å². The summed E-state index contributed by atoms with van der Waals surface area (Å²) in [5.41, 5.74) is 1.03. The molecule has 164 valence electrons. The summed E-state index contributed by atoms with van der Waals surface area (Å²) in [5.74, 6) is -5.55. The maximum absolute atomic E-state index is 13.8. The lowest BCUT2D eigenvalue weighted by Crippen LogP contribution is -2.39. The Morgan fingerprint density at radius 2 is 1.84 bits per heavy atom. The standard InChI is InChI=1S/C21H21F3N4O2S/c1-2-8-28(10-17(29)26-15-7-6-14(22)19(23)20(15)24)11-18(30)27-21-13(9-25)12-4-3-5-16(12)31-21/h6-7H,2-5,8,10-11H2,1H3,(H,26,29)(H,27,30). The van der Waals surface area contributed by atoms with E-state index in [9.17, 15) is 28.0 Å². The van der Waals surface area contributed by atoms with Crippen molar-refractivity contribution in [1.82, 2.24) is 4.90 Å². The van der Waals surface area contributed by atoms with Crippen LogP contribution in [0.5, 0.6) is 0 Å². The fraction of sp³-hybridized carbons (Fsp3) is 0.381. The minimum atomic E-state index is -1.67. The number of hydrogen-bond donors (Lipinski definition) is 2. The van der Waals surface area contributed by atoms with E-state index in [0.717, 1.165) is 41.8 Å². The van der Waals surface area contributed by atoms with Crippen LogP contribution in [-0.4, -0.2) is 36.3 Å². The zero-order valence-corrected chi connectivity index (χ0v) is 17.7. The van der Waals surface area contributed by atoms with E-state index in [4.69, 9.17) is 0 Å². The first-order valence-electron chi connectivity index (χ1n) is 9.84. The predicted octanol–water partition coefficient (Wildman–Crippen LogP) is 3.81. The van der Waals surface area contributed by atoms with Gasteiger partial charge in [0.05, 0.1) is 24.3 Å². The van der Waals surface area contributed by atoms with E-state index in [-0.39, 0.29) is 19.0 Å². The van der Waals surface area contributed by atoms with Crippen molar-refractivity contribution in [2.75, 3.05) is 30.3 Å². The lowest BCUT2D eigenvalue weighted by molar-refractivity contribution is -0.120. The summed E-state index contributed by atoms with van der Waals surface area (Å²) in [7, 11) is 0. The zero-order valence-electron chi connectivity index (χ0n) is 16.9. The predicted molar refractivity (Wildman–Crippen MR) is 111 cm³/mol. The molecule has 0 unspecified atom stereocenters. The Kier molecular flexibility index (Phi) is 7.30. The molecule has 1 aromatic heterocycles. The van der Waals surface area contributed by atoms with Crippen LogP contribution in [0.25, 0.3) is 0 Å².